The van der Waals surface area contributed by atoms with Gasteiger partial charge in [-0.25, -0.2) is 9.78 Å². The number of carbonyl (C=O) groups is 1. The molecule has 3 aromatic rings. The average molecular weight is 425 g/mol. The van der Waals surface area contributed by atoms with Crippen molar-refractivity contribution in [3.05, 3.63) is 69.8 Å². The monoisotopic (exact) mass is 425 g/mol. The van der Waals surface area contributed by atoms with Gasteiger partial charge in [0.1, 0.15) is 10.7 Å². The van der Waals surface area contributed by atoms with Gasteiger partial charge in [0.2, 0.25) is 5.13 Å². The van der Waals surface area contributed by atoms with Crippen LogP contribution in [0.1, 0.15) is 18.1 Å². The van der Waals surface area contributed by atoms with Gasteiger partial charge in [-0.1, -0.05) is 53.3 Å². The smallest absolute Gasteiger partial charge is 0.412 e. The van der Waals surface area contributed by atoms with Crippen LogP contribution in [0.15, 0.2) is 53.6 Å². The number of thiazole rings is 1. The van der Waals surface area contributed by atoms with E-state index in [1.807, 2.05) is 31.2 Å². The van der Waals surface area contributed by atoms with Crippen molar-refractivity contribution in [3.63, 3.8) is 0 Å². The van der Waals surface area contributed by atoms with Gasteiger partial charge in [0.05, 0.1) is 17.7 Å². The Bertz CT molecular complexity index is 1080. The Kier molecular flexibility index (Phi) is 6.71. The average Bonchev–Trinajstić information content (AvgIpc) is 3.11. The lowest BCUT2D eigenvalue weighted by molar-refractivity contribution is -0.384. The van der Waals surface area contributed by atoms with Crippen molar-refractivity contribution < 1.29 is 14.5 Å². The van der Waals surface area contributed by atoms with Gasteiger partial charge in [0.15, 0.2) is 0 Å². The fourth-order valence-electron chi connectivity index (χ4n) is 2.50. The minimum Gasteiger partial charge on any atom is -0.450 e. The SMILES string of the molecule is CCOC(=O)Nc1sc(NN=Cc2cccc([N+](=O)[O-])c2)nc1-c1ccc(C)cc1. The van der Waals surface area contributed by atoms with Crippen molar-refractivity contribution in [2.24, 2.45) is 5.10 Å². The molecule has 30 heavy (non-hydrogen) atoms. The topological polar surface area (TPSA) is 119 Å². The molecule has 1 heterocycles. The van der Waals surface area contributed by atoms with E-state index in [-0.39, 0.29) is 12.3 Å². The number of hydrogen-bond donors (Lipinski definition) is 2. The predicted octanol–water partition coefficient (Wildman–Crippen LogP) is 5.04. The molecule has 9 nitrogen and oxygen atoms in total. The van der Waals surface area contributed by atoms with Crippen LogP contribution in [0.2, 0.25) is 0 Å². The molecule has 0 fully saturated rings. The van der Waals surface area contributed by atoms with Crippen LogP contribution in [0.25, 0.3) is 11.3 Å². The minimum atomic E-state index is -0.568. The molecule has 10 heteroatoms. The highest BCUT2D eigenvalue weighted by Crippen LogP contribution is 2.36. The zero-order valence-electron chi connectivity index (χ0n) is 16.3. The standard InChI is InChI=1S/C20H19N5O4S/c1-3-29-20(26)23-18-17(15-9-7-13(2)8-10-15)22-19(30-18)24-21-12-14-5-4-6-16(11-14)25(27)28/h4-12H,3H2,1-2H3,(H,22,24)(H,23,26). The highest BCUT2D eigenvalue weighted by molar-refractivity contribution is 7.20. The Morgan fingerprint density at radius 2 is 2.07 bits per heavy atom. The zero-order valence-corrected chi connectivity index (χ0v) is 17.1. The molecule has 0 saturated carbocycles. The summed E-state index contributed by atoms with van der Waals surface area (Å²) in [5.41, 5.74) is 5.88. The van der Waals surface area contributed by atoms with Crippen LogP contribution in [0.4, 0.5) is 20.6 Å². The van der Waals surface area contributed by atoms with Gasteiger partial charge >= 0.3 is 6.09 Å². The fourth-order valence-corrected chi connectivity index (χ4v) is 3.32. The maximum atomic E-state index is 11.9. The summed E-state index contributed by atoms with van der Waals surface area (Å²) in [7, 11) is 0. The Morgan fingerprint density at radius 1 is 1.30 bits per heavy atom. The van der Waals surface area contributed by atoms with Gasteiger partial charge in [0.25, 0.3) is 5.69 Å². The summed E-state index contributed by atoms with van der Waals surface area (Å²) in [4.78, 5) is 26.8. The first-order valence-electron chi connectivity index (χ1n) is 9.01. The third-order valence-corrected chi connectivity index (χ3v) is 4.77. The van der Waals surface area contributed by atoms with E-state index in [1.54, 1.807) is 19.1 Å². The highest BCUT2D eigenvalue weighted by Gasteiger charge is 2.16. The number of nitrogens with zero attached hydrogens (tertiary/aromatic N) is 3. The van der Waals surface area contributed by atoms with Crippen molar-refractivity contribution >= 4 is 39.5 Å². The molecule has 0 bridgehead atoms. The van der Waals surface area contributed by atoms with E-state index in [2.05, 4.69) is 20.8 Å². The molecule has 2 N–H and O–H groups in total. The second kappa shape index (κ2) is 9.61. The van der Waals surface area contributed by atoms with Crippen LogP contribution in [0.5, 0.6) is 0 Å². The van der Waals surface area contributed by atoms with Crippen molar-refractivity contribution in [3.8, 4) is 11.3 Å². The van der Waals surface area contributed by atoms with Crippen LogP contribution in [-0.4, -0.2) is 28.8 Å². The van der Waals surface area contributed by atoms with Crippen LogP contribution in [-0.2, 0) is 4.74 Å². The summed E-state index contributed by atoms with van der Waals surface area (Å²) in [5, 5.41) is 18.6. The van der Waals surface area contributed by atoms with Crippen molar-refractivity contribution in [1.82, 2.24) is 4.98 Å². The van der Waals surface area contributed by atoms with Gasteiger partial charge in [-0.05, 0) is 13.8 Å². The lowest BCUT2D eigenvalue weighted by atomic mass is 10.1. The molecule has 0 atom stereocenters. The number of carbonyl (C=O) groups excluding carboxylic acids is 1. The molecular weight excluding hydrogens is 406 g/mol. The maximum absolute atomic E-state index is 11.9. The second-order valence-electron chi connectivity index (χ2n) is 6.13. The Labute approximate surface area is 176 Å². The largest absolute Gasteiger partial charge is 0.450 e. The van der Waals surface area contributed by atoms with Gasteiger partial charge in [-0.3, -0.25) is 20.9 Å². The molecule has 2 aromatic carbocycles. The summed E-state index contributed by atoms with van der Waals surface area (Å²) in [6.07, 6.45) is 0.888. The molecule has 0 spiro atoms. The van der Waals surface area contributed by atoms with Crippen LogP contribution >= 0.6 is 11.3 Å². The lowest BCUT2D eigenvalue weighted by Crippen LogP contribution is -2.12. The number of amides is 1. The van der Waals surface area contributed by atoms with Gasteiger partial charge in [-0.2, -0.15) is 5.10 Å². The first kappa shape index (κ1) is 20.9. The first-order chi connectivity index (χ1) is 14.5. The molecule has 0 aliphatic carbocycles. The van der Waals surface area contributed by atoms with Crippen LogP contribution < -0.4 is 10.7 Å². The normalized spacial score (nSPS) is 10.7. The molecule has 0 saturated heterocycles. The third-order valence-electron chi connectivity index (χ3n) is 3.90. The van der Waals surface area contributed by atoms with E-state index in [0.717, 1.165) is 11.1 Å². The van der Waals surface area contributed by atoms with Gasteiger partial charge < -0.3 is 4.74 Å². The highest BCUT2D eigenvalue weighted by atomic mass is 32.1. The van der Waals surface area contributed by atoms with Crippen molar-refractivity contribution in [2.45, 2.75) is 13.8 Å². The minimum absolute atomic E-state index is 0.0178. The molecule has 0 radical (unpaired) electrons. The van der Waals surface area contributed by atoms with Crippen molar-refractivity contribution in [1.29, 1.82) is 0 Å². The van der Waals surface area contributed by atoms with Gasteiger partial charge in [0, 0.05) is 23.3 Å². The molecule has 0 aliphatic rings. The molecular formula is C20H19N5O4S. The molecule has 1 amide bonds. The number of rotatable bonds is 7. The number of nitro benzene ring substituents is 1. The summed E-state index contributed by atoms with van der Waals surface area (Å²) >= 11 is 1.20. The number of benzene rings is 2. The second-order valence-corrected chi connectivity index (χ2v) is 7.13. The van der Waals surface area contributed by atoms with E-state index < -0.39 is 11.0 Å². The number of aryl methyl sites for hydroxylation is 1. The number of nitro groups is 1. The predicted molar refractivity (Wildman–Crippen MR) is 117 cm³/mol. The number of nitrogens with one attached hydrogen (secondary N) is 2. The quantitative estimate of drug-likeness (QED) is 0.311. The number of hydrazone groups is 1. The summed E-state index contributed by atoms with van der Waals surface area (Å²) in [6, 6.07) is 13.8. The lowest BCUT2D eigenvalue weighted by Gasteiger charge is -2.05. The number of ether oxygens (including phenoxy) is 1. The van der Waals surface area contributed by atoms with E-state index in [4.69, 9.17) is 4.74 Å². The number of non-ortho nitro benzene ring substituents is 1. The number of hydrogen-bond acceptors (Lipinski definition) is 8. The summed E-state index contributed by atoms with van der Waals surface area (Å²) < 4.78 is 4.96. The van der Waals surface area contributed by atoms with Gasteiger partial charge in [-0.15, -0.1) is 0 Å². The zero-order chi connectivity index (χ0) is 21.5. The van der Waals surface area contributed by atoms with E-state index in [0.29, 0.717) is 21.4 Å². The van der Waals surface area contributed by atoms with E-state index in [1.165, 1.54) is 29.7 Å². The fraction of sp³-hybridized carbons (Fsp3) is 0.150. The van der Waals surface area contributed by atoms with Crippen LogP contribution in [0.3, 0.4) is 0 Å². The number of aromatic nitrogens is 1. The Morgan fingerprint density at radius 3 is 2.77 bits per heavy atom. The molecule has 0 aliphatic heterocycles. The van der Waals surface area contributed by atoms with E-state index in [9.17, 15) is 14.9 Å². The molecule has 0 unspecified atom stereocenters. The van der Waals surface area contributed by atoms with E-state index >= 15 is 0 Å². The van der Waals surface area contributed by atoms with Crippen LogP contribution in [0, 0.1) is 17.0 Å². The summed E-state index contributed by atoms with van der Waals surface area (Å²) in [5.74, 6) is 0. The molecule has 3 rings (SSSR count). The Balaban J connectivity index is 1.82. The first-order valence-corrected chi connectivity index (χ1v) is 9.83. The third kappa shape index (κ3) is 5.39. The molecule has 154 valence electrons. The molecule has 1 aromatic heterocycles. The summed E-state index contributed by atoms with van der Waals surface area (Å²) in [6.45, 7) is 3.96. The maximum Gasteiger partial charge on any atom is 0.412 e. The van der Waals surface area contributed by atoms with Crippen molar-refractivity contribution in [2.75, 3.05) is 17.3 Å². The number of anilines is 2. The Hall–Kier alpha value is -3.79.